The van der Waals surface area contributed by atoms with Crippen LogP contribution in [0.2, 0.25) is 0 Å². The smallest absolute Gasteiger partial charge is 0.191 e. The van der Waals surface area contributed by atoms with Crippen LogP contribution in [0, 0.1) is 5.41 Å². The molecule has 1 aliphatic heterocycles. The Kier molecular flexibility index (Phi) is 11.6. The van der Waals surface area contributed by atoms with Crippen LogP contribution in [-0.2, 0) is 14.6 Å². The molecule has 1 atom stereocenters. The molecule has 0 radical (unpaired) electrons. The third kappa shape index (κ3) is 9.58. The number of nitrogens with zero attached hydrogens (tertiary/aromatic N) is 2. The third-order valence-corrected chi connectivity index (χ3v) is 6.71. The number of halogens is 1. The van der Waals surface area contributed by atoms with Gasteiger partial charge in [0.05, 0.1) is 19.0 Å². The predicted molar refractivity (Wildman–Crippen MR) is 126 cm³/mol. The molecule has 0 aromatic rings. The lowest BCUT2D eigenvalue weighted by molar-refractivity contribution is 0.00819. The fraction of sp³-hybridized carbons (Fsp3) is 0.947. The Hall–Kier alpha value is -0.130. The minimum absolute atomic E-state index is 0. The number of sulfone groups is 1. The van der Waals surface area contributed by atoms with Crippen molar-refractivity contribution in [1.82, 2.24) is 15.5 Å². The van der Waals surface area contributed by atoms with Gasteiger partial charge in [0.1, 0.15) is 9.84 Å². The van der Waals surface area contributed by atoms with Gasteiger partial charge in [0.25, 0.3) is 0 Å². The summed E-state index contributed by atoms with van der Waals surface area (Å²) in [6, 6.07) is 0.0625. The second-order valence-electron chi connectivity index (χ2n) is 8.34. The Balaban J connectivity index is 0.00000392. The molecule has 2 fully saturated rings. The topological polar surface area (TPSA) is 83.0 Å². The molecule has 9 heteroatoms. The number of rotatable bonds is 8. The van der Waals surface area contributed by atoms with Crippen molar-refractivity contribution in [2.45, 2.75) is 51.5 Å². The highest BCUT2D eigenvalue weighted by Gasteiger charge is 2.34. The summed E-state index contributed by atoms with van der Waals surface area (Å²) in [6.45, 7) is 7.75. The first-order chi connectivity index (χ1) is 12.8. The summed E-state index contributed by atoms with van der Waals surface area (Å²) in [5.41, 5.74) is 0.281. The summed E-state index contributed by atoms with van der Waals surface area (Å²) < 4.78 is 28.2. The number of ether oxygens (including phenoxy) is 1. The molecule has 1 aliphatic carbocycles. The molecule has 1 saturated heterocycles. The van der Waals surface area contributed by atoms with Gasteiger partial charge in [-0.3, -0.25) is 9.89 Å². The van der Waals surface area contributed by atoms with E-state index in [1.165, 1.54) is 38.4 Å². The molecule has 2 rings (SSSR count). The van der Waals surface area contributed by atoms with Gasteiger partial charge in [0.2, 0.25) is 0 Å². The van der Waals surface area contributed by atoms with Gasteiger partial charge in [0.15, 0.2) is 5.96 Å². The van der Waals surface area contributed by atoms with E-state index >= 15 is 0 Å². The van der Waals surface area contributed by atoms with Gasteiger partial charge in [0, 0.05) is 50.9 Å². The average molecular weight is 531 g/mol. The minimum Gasteiger partial charge on any atom is -0.379 e. The van der Waals surface area contributed by atoms with Crippen molar-refractivity contribution in [3.63, 3.8) is 0 Å². The van der Waals surface area contributed by atoms with Crippen LogP contribution in [-0.4, -0.2) is 83.8 Å². The van der Waals surface area contributed by atoms with Crippen LogP contribution in [0.25, 0.3) is 0 Å². The zero-order valence-electron chi connectivity index (χ0n) is 17.7. The van der Waals surface area contributed by atoms with Crippen molar-refractivity contribution >= 4 is 39.8 Å². The van der Waals surface area contributed by atoms with Crippen LogP contribution in [0.1, 0.15) is 45.4 Å². The van der Waals surface area contributed by atoms with Crippen molar-refractivity contribution in [2.75, 3.05) is 58.4 Å². The van der Waals surface area contributed by atoms with Crippen LogP contribution in [0.3, 0.4) is 0 Å². The fourth-order valence-electron chi connectivity index (χ4n) is 4.09. The summed E-state index contributed by atoms with van der Waals surface area (Å²) in [5.74, 6) is 0.960. The molecule has 1 unspecified atom stereocenters. The molecular weight excluding hydrogens is 491 g/mol. The molecule has 0 amide bonds. The van der Waals surface area contributed by atoms with E-state index in [1.54, 1.807) is 7.05 Å². The number of morpholine rings is 1. The summed E-state index contributed by atoms with van der Waals surface area (Å²) in [6.07, 6.45) is 8.28. The second kappa shape index (κ2) is 12.5. The largest absolute Gasteiger partial charge is 0.379 e. The van der Waals surface area contributed by atoms with Gasteiger partial charge < -0.3 is 15.4 Å². The Labute approximate surface area is 188 Å². The van der Waals surface area contributed by atoms with Gasteiger partial charge in [-0.15, -0.1) is 24.0 Å². The third-order valence-electron chi connectivity index (χ3n) is 5.74. The summed E-state index contributed by atoms with van der Waals surface area (Å²) in [7, 11) is -1.16. The monoisotopic (exact) mass is 530 g/mol. The lowest BCUT2D eigenvalue weighted by Gasteiger charge is -2.42. The normalized spacial score (nSPS) is 22.2. The number of hydrogen-bond donors (Lipinski definition) is 2. The van der Waals surface area contributed by atoms with E-state index in [4.69, 9.17) is 4.74 Å². The number of hydrogen-bond acceptors (Lipinski definition) is 5. The van der Waals surface area contributed by atoms with Gasteiger partial charge >= 0.3 is 0 Å². The first-order valence-electron chi connectivity index (χ1n) is 10.3. The average Bonchev–Trinajstić information content (AvgIpc) is 2.64. The SMILES string of the molecule is CN=C(NCC1(CN2CCOCC2)CCCCC1)NC(C)CCS(C)(=O)=O.I. The van der Waals surface area contributed by atoms with Crippen molar-refractivity contribution < 1.29 is 13.2 Å². The molecule has 166 valence electrons. The van der Waals surface area contributed by atoms with Crippen molar-refractivity contribution in [2.24, 2.45) is 10.4 Å². The van der Waals surface area contributed by atoms with Gasteiger partial charge in [-0.2, -0.15) is 0 Å². The molecule has 28 heavy (non-hydrogen) atoms. The van der Waals surface area contributed by atoms with E-state index in [-0.39, 0.29) is 41.2 Å². The maximum absolute atomic E-state index is 11.4. The molecule has 0 spiro atoms. The van der Waals surface area contributed by atoms with E-state index in [0.717, 1.165) is 45.4 Å². The number of aliphatic imine (C=N–C) groups is 1. The summed E-state index contributed by atoms with van der Waals surface area (Å²) >= 11 is 0. The number of guanidine groups is 1. The highest BCUT2D eigenvalue weighted by molar-refractivity contribution is 14.0. The number of nitrogens with one attached hydrogen (secondary N) is 2. The standard InChI is InChI=1S/C19H38N4O3S.HI/c1-17(7-14-27(3,24)25)22-18(20-2)21-15-19(8-5-4-6-9-19)16-23-10-12-26-13-11-23;/h17H,4-16H2,1-3H3,(H2,20,21,22);1H. The molecule has 0 bridgehead atoms. The molecule has 2 N–H and O–H groups in total. The molecule has 0 aromatic carbocycles. The Bertz CT molecular complexity index is 574. The molecule has 7 nitrogen and oxygen atoms in total. The van der Waals surface area contributed by atoms with Crippen LogP contribution >= 0.6 is 24.0 Å². The van der Waals surface area contributed by atoms with Crippen LogP contribution in [0.4, 0.5) is 0 Å². The Morgan fingerprint density at radius 2 is 1.86 bits per heavy atom. The Morgan fingerprint density at radius 3 is 2.43 bits per heavy atom. The highest BCUT2D eigenvalue weighted by Crippen LogP contribution is 2.36. The fourth-order valence-corrected chi connectivity index (χ4v) is 4.87. The second-order valence-corrected chi connectivity index (χ2v) is 10.6. The maximum Gasteiger partial charge on any atom is 0.191 e. The first kappa shape index (κ1) is 25.9. The highest BCUT2D eigenvalue weighted by atomic mass is 127. The molecule has 1 saturated carbocycles. The summed E-state index contributed by atoms with van der Waals surface area (Å²) in [4.78, 5) is 6.89. The molecule has 2 aliphatic rings. The molecule has 0 aromatic heterocycles. The summed E-state index contributed by atoms with van der Waals surface area (Å²) in [5, 5.41) is 6.87. The van der Waals surface area contributed by atoms with Crippen LogP contribution < -0.4 is 10.6 Å². The Morgan fingerprint density at radius 1 is 1.21 bits per heavy atom. The van der Waals surface area contributed by atoms with Crippen LogP contribution in [0.15, 0.2) is 4.99 Å². The zero-order valence-corrected chi connectivity index (χ0v) is 20.9. The lowest BCUT2D eigenvalue weighted by Crippen LogP contribution is -2.52. The van der Waals surface area contributed by atoms with E-state index in [9.17, 15) is 8.42 Å². The minimum atomic E-state index is -2.93. The van der Waals surface area contributed by atoms with E-state index in [0.29, 0.717) is 6.42 Å². The van der Waals surface area contributed by atoms with Crippen molar-refractivity contribution in [3.8, 4) is 0 Å². The van der Waals surface area contributed by atoms with E-state index in [2.05, 4.69) is 20.5 Å². The predicted octanol–water partition coefficient (Wildman–Crippen LogP) is 1.88. The first-order valence-corrected chi connectivity index (χ1v) is 12.3. The maximum atomic E-state index is 11.4. The van der Waals surface area contributed by atoms with Gasteiger partial charge in [-0.1, -0.05) is 19.3 Å². The molecular formula is C19H39IN4O3S. The zero-order chi connectivity index (χ0) is 19.8. The van der Waals surface area contributed by atoms with Crippen molar-refractivity contribution in [3.05, 3.63) is 0 Å². The quantitative estimate of drug-likeness (QED) is 0.283. The lowest BCUT2D eigenvalue weighted by atomic mass is 9.73. The van der Waals surface area contributed by atoms with Crippen LogP contribution in [0.5, 0.6) is 0 Å². The van der Waals surface area contributed by atoms with Gasteiger partial charge in [-0.05, 0) is 26.2 Å². The van der Waals surface area contributed by atoms with E-state index in [1.807, 2.05) is 6.92 Å². The molecule has 1 heterocycles. The van der Waals surface area contributed by atoms with Gasteiger partial charge in [-0.25, -0.2) is 8.42 Å². The van der Waals surface area contributed by atoms with E-state index < -0.39 is 9.84 Å². The van der Waals surface area contributed by atoms with Crippen molar-refractivity contribution in [1.29, 1.82) is 0 Å².